The molecule has 0 N–H and O–H groups in total. The second-order valence-electron chi connectivity index (χ2n) is 6.17. The number of rotatable bonds is 3. The lowest BCUT2D eigenvalue weighted by atomic mass is 9.75. The van der Waals surface area contributed by atoms with Gasteiger partial charge in [-0.25, -0.2) is 0 Å². The Morgan fingerprint density at radius 2 is 1.79 bits per heavy atom. The lowest BCUT2D eigenvalue weighted by molar-refractivity contribution is 0.0953. The highest BCUT2D eigenvalue weighted by Crippen LogP contribution is 2.35. The first kappa shape index (κ1) is 12.9. The number of fused-ring (bicyclic) bond motifs is 1. The van der Waals surface area contributed by atoms with E-state index in [1.54, 1.807) is 0 Å². The SMILES string of the molecule is C(=Cc1ccccc1)CN1CCC2CCCCC2C1. The molecule has 3 rings (SSSR count). The van der Waals surface area contributed by atoms with Crippen molar-refractivity contribution in [1.29, 1.82) is 0 Å². The molecule has 19 heavy (non-hydrogen) atoms. The zero-order chi connectivity index (χ0) is 12.9. The van der Waals surface area contributed by atoms with E-state index in [-0.39, 0.29) is 0 Å². The molecule has 2 aliphatic rings. The van der Waals surface area contributed by atoms with Gasteiger partial charge in [0.05, 0.1) is 0 Å². The van der Waals surface area contributed by atoms with Crippen molar-refractivity contribution in [2.75, 3.05) is 19.6 Å². The Morgan fingerprint density at radius 1 is 1.00 bits per heavy atom. The number of hydrogen-bond donors (Lipinski definition) is 0. The van der Waals surface area contributed by atoms with Crippen LogP contribution in [0.3, 0.4) is 0 Å². The monoisotopic (exact) mass is 255 g/mol. The van der Waals surface area contributed by atoms with Crippen molar-refractivity contribution in [3.05, 3.63) is 42.0 Å². The maximum Gasteiger partial charge on any atom is 0.0166 e. The molecule has 1 nitrogen and oxygen atoms in total. The minimum Gasteiger partial charge on any atom is -0.299 e. The van der Waals surface area contributed by atoms with Gasteiger partial charge in [-0.3, -0.25) is 4.90 Å². The molecule has 102 valence electrons. The van der Waals surface area contributed by atoms with Gasteiger partial charge in [-0.05, 0) is 36.8 Å². The van der Waals surface area contributed by atoms with Gasteiger partial charge in [0, 0.05) is 13.1 Å². The number of likely N-dealkylation sites (tertiary alicyclic amines) is 1. The van der Waals surface area contributed by atoms with Crippen molar-refractivity contribution in [1.82, 2.24) is 4.90 Å². The van der Waals surface area contributed by atoms with Gasteiger partial charge >= 0.3 is 0 Å². The molecular weight excluding hydrogens is 230 g/mol. The molecule has 1 aromatic rings. The van der Waals surface area contributed by atoms with Crippen LogP contribution in [0.1, 0.15) is 37.7 Å². The van der Waals surface area contributed by atoms with Crippen molar-refractivity contribution >= 4 is 6.08 Å². The van der Waals surface area contributed by atoms with Gasteiger partial charge < -0.3 is 0 Å². The van der Waals surface area contributed by atoms with E-state index in [9.17, 15) is 0 Å². The van der Waals surface area contributed by atoms with Crippen LogP contribution in [0.5, 0.6) is 0 Å². The Hall–Kier alpha value is -1.08. The lowest BCUT2D eigenvalue weighted by Gasteiger charge is -2.41. The fourth-order valence-electron chi connectivity index (χ4n) is 3.74. The second kappa shape index (κ2) is 6.38. The molecule has 0 bridgehead atoms. The Kier molecular flexibility index (Phi) is 4.34. The Balaban J connectivity index is 1.49. The highest BCUT2D eigenvalue weighted by atomic mass is 15.1. The van der Waals surface area contributed by atoms with Gasteiger partial charge in [-0.15, -0.1) is 0 Å². The molecule has 0 radical (unpaired) electrons. The molecule has 1 aliphatic heterocycles. The standard InChI is InChI=1S/C18H25N/c1-2-7-16(8-3-1)9-6-13-19-14-12-17-10-4-5-11-18(17)15-19/h1-3,6-9,17-18H,4-5,10-15H2. The van der Waals surface area contributed by atoms with Gasteiger partial charge in [-0.1, -0.05) is 61.7 Å². The Morgan fingerprint density at radius 3 is 2.63 bits per heavy atom. The van der Waals surface area contributed by atoms with Crippen LogP contribution in [0.4, 0.5) is 0 Å². The third-order valence-electron chi connectivity index (χ3n) is 4.85. The molecule has 1 saturated heterocycles. The maximum absolute atomic E-state index is 2.64. The van der Waals surface area contributed by atoms with Crippen LogP contribution in [0.25, 0.3) is 6.08 Å². The smallest absolute Gasteiger partial charge is 0.0166 e. The van der Waals surface area contributed by atoms with E-state index >= 15 is 0 Å². The highest BCUT2D eigenvalue weighted by Gasteiger charge is 2.30. The number of piperidine rings is 1. The van der Waals surface area contributed by atoms with Gasteiger partial charge in [0.25, 0.3) is 0 Å². The van der Waals surface area contributed by atoms with Crippen molar-refractivity contribution in [2.24, 2.45) is 11.8 Å². The van der Waals surface area contributed by atoms with Gasteiger partial charge in [-0.2, -0.15) is 0 Å². The van der Waals surface area contributed by atoms with E-state index in [0.717, 1.165) is 18.4 Å². The molecule has 1 heterocycles. The molecule has 1 saturated carbocycles. The summed E-state index contributed by atoms with van der Waals surface area (Å²) < 4.78 is 0. The molecule has 2 fully saturated rings. The molecule has 1 aromatic carbocycles. The molecule has 2 atom stereocenters. The minimum atomic E-state index is 0.993. The average molecular weight is 255 g/mol. The van der Waals surface area contributed by atoms with Crippen LogP contribution >= 0.6 is 0 Å². The summed E-state index contributed by atoms with van der Waals surface area (Å²) in [7, 11) is 0. The predicted octanol–water partition coefficient (Wildman–Crippen LogP) is 4.21. The summed E-state index contributed by atoms with van der Waals surface area (Å²) in [5.74, 6) is 2.04. The van der Waals surface area contributed by atoms with Crippen LogP contribution in [0.2, 0.25) is 0 Å². The zero-order valence-corrected chi connectivity index (χ0v) is 11.8. The normalized spacial score (nSPS) is 28.4. The second-order valence-corrected chi connectivity index (χ2v) is 6.17. The summed E-state index contributed by atoms with van der Waals surface area (Å²) >= 11 is 0. The summed E-state index contributed by atoms with van der Waals surface area (Å²) in [6.45, 7) is 3.77. The third kappa shape index (κ3) is 3.48. The van der Waals surface area contributed by atoms with E-state index in [2.05, 4.69) is 47.4 Å². The van der Waals surface area contributed by atoms with E-state index in [1.165, 1.54) is 50.8 Å². The Bertz CT molecular complexity index is 409. The zero-order valence-electron chi connectivity index (χ0n) is 11.8. The topological polar surface area (TPSA) is 3.24 Å². The van der Waals surface area contributed by atoms with Crippen LogP contribution in [0, 0.1) is 11.8 Å². The molecule has 0 spiro atoms. The number of hydrogen-bond acceptors (Lipinski definition) is 1. The van der Waals surface area contributed by atoms with Crippen molar-refractivity contribution in [2.45, 2.75) is 32.1 Å². The van der Waals surface area contributed by atoms with Crippen molar-refractivity contribution in [3.63, 3.8) is 0 Å². The summed E-state index contributed by atoms with van der Waals surface area (Å²) in [5.41, 5.74) is 1.31. The first-order chi connectivity index (χ1) is 9.42. The van der Waals surface area contributed by atoms with Crippen molar-refractivity contribution < 1.29 is 0 Å². The average Bonchev–Trinajstić information content (AvgIpc) is 2.48. The first-order valence-corrected chi connectivity index (χ1v) is 7.86. The Labute approximate surface area is 117 Å². The first-order valence-electron chi connectivity index (χ1n) is 7.86. The van der Waals surface area contributed by atoms with E-state index in [1.807, 2.05) is 0 Å². The summed E-state index contributed by atoms with van der Waals surface area (Å²) in [4.78, 5) is 2.64. The lowest BCUT2D eigenvalue weighted by Crippen LogP contribution is -2.41. The molecule has 0 aromatic heterocycles. The molecule has 2 unspecified atom stereocenters. The van der Waals surface area contributed by atoms with Gasteiger partial charge in [0.2, 0.25) is 0 Å². The van der Waals surface area contributed by atoms with E-state index in [4.69, 9.17) is 0 Å². The van der Waals surface area contributed by atoms with Crippen LogP contribution in [-0.4, -0.2) is 24.5 Å². The molecule has 1 heteroatoms. The highest BCUT2D eigenvalue weighted by molar-refractivity contribution is 5.48. The molecule has 1 aliphatic carbocycles. The minimum absolute atomic E-state index is 0.993. The fraction of sp³-hybridized carbons (Fsp3) is 0.556. The van der Waals surface area contributed by atoms with Crippen molar-refractivity contribution in [3.8, 4) is 0 Å². The summed E-state index contributed by atoms with van der Waals surface area (Å²) in [6.07, 6.45) is 11.9. The van der Waals surface area contributed by atoms with Crippen LogP contribution < -0.4 is 0 Å². The molecule has 0 amide bonds. The quantitative estimate of drug-likeness (QED) is 0.782. The largest absolute Gasteiger partial charge is 0.299 e. The van der Waals surface area contributed by atoms with Crippen LogP contribution in [0.15, 0.2) is 36.4 Å². The fourth-order valence-corrected chi connectivity index (χ4v) is 3.74. The summed E-state index contributed by atoms with van der Waals surface area (Å²) in [6, 6.07) is 10.6. The van der Waals surface area contributed by atoms with Gasteiger partial charge in [0.1, 0.15) is 0 Å². The van der Waals surface area contributed by atoms with Crippen LogP contribution in [-0.2, 0) is 0 Å². The molecular formula is C18H25N. The number of benzene rings is 1. The predicted molar refractivity (Wildman–Crippen MR) is 82.0 cm³/mol. The van der Waals surface area contributed by atoms with E-state index in [0.29, 0.717) is 0 Å². The summed E-state index contributed by atoms with van der Waals surface area (Å²) in [5, 5.41) is 0. The number of nitrogens with zero attached hydrogens (tertiary/aromatic N) is 1. The van der Waals surface area contributed by atoms with Gasteiger partial charge in [0.15, 0.2) is 0 Å². The maximum atomic E-state index is 2.64. The third-order valence-corrected chi connectivity index (χ3v) is 4.85. The van der Waals surface area contributed by atoms with E-state index < -0.39 is 0 Å².